The number of nitrogens with one attached hydrogen (secondary N) is 1. The minimum atomic E-state index is -0.625. The zero-order chi connectivity index (χ0) is 23.0. The molecule has 8 heteroatoms. The number of rotatable bonds is 10. The zero-order valence-corrected chi connectivity index (χ0v) is 20.9. The predicted molar refractivity (Wildman–Crippen MR) is 131 cm³/mol. The fourth-order valence-electron chi connectivity index (χ4n) is 2.97. The second kappa shape index (κ2) is 12.6. The van der Waals surface area contributed by atoms with Crippen LogP contribution in [0.1, 0.15) is 39.2 Å². The van der Waals surface area contributed by atoms with Crippen LogP contribution in [0.5, 0.6) is 0 Å². The van der Waals surface area contributed by atoms with Crippen molar-refractivity contribution in [2.24, 2.45) is 0 Å². The molecule has 0 unspecified atom stereocenters. The molecule has 0 heterocycles. The monoisotopic (exact) mass is 500 g/mol. The molecule has 0 aromatic heterocycles. The van der Waals surface area contributed by atoms with Gasteiger partial charge in [-0.05, 0) is 56.2 Å². The van der Waals surface area contributed by atoms with Crippen molar-refractivity contribution in [1.29, 1.82) is 0 Å². The summed E-state index contributed by atoms with van der Waals surface area (Å²) in [4.78, 5) is 28.8. The van der Waals surface area contributed by atoms with E-state index in [9.17, 15) is 9.59 Å². The molecule has 2 atom stereocenters. The first-order valence-electron chi connectivity index (χ1n) is 10.2. The highest BCUT2D eigenvalue weighted by Crippen LogP contribution is 2.28. The van der Waals surface area contributed by atoms with Gasteiger partial charge in [-0.2, -0.15) is 0 Å². The van der Waals surface area contributed by atoms with E-state index in [1.165, 1.54) is 11.8 Å². The maximum atomic E-state index is 13.3. The molecule has 31 heavy (non-hydrogen) atoms. The van der Waals surface area contributed by atoms with Gasteiger partial charge in [0, 0.05) is 38.1 Å². The van der Waals surface area contributed by atoms with Crippen LogP contribution in [-0.4, -0.2) is 34.6 Å². The van der Waals surface area contributed by atoms with E-state index in [1.54, 1.807) is 35.2 Å². The summed E-state index contributed by atoms with van der Waals surface area (Å²) in [5, 5.41) is 4.56. The number of hydrogen-bond acceptors (Lipinski definition) is 3. The molecule has 2 rings (SSSR count). The molecule has 0 saturated carbocycles. The largest absolute Gasteiger partial charge is 0.352 e. The van der Waals surface area contributed by atoms with E-state index in [1.807, 2.05) is 32.9 Å². The molecule has 2 aromatic carbocycles. The van der Waals surface area contributed by atoms with Crippen LogP contribution in [0, 0.1) is 0 Å². The van der Waals surface area contributed by atoms with Gasteiger partial charge in [0.25, 0.3) is 0 Å². The third-order valence-corrected chi connectivity index (χ3v) is 6.91. The first kappa shape index (κ1) is 25.9. The third kappa shape index (κ3) is 7.60. The van der Waals surface area contributed by atoms with Crippen molar-refractivity contribution in [3.63, 3.8) is 0 Å². The van der Waals surface area contributed by atoms with Crippen LogP contribution in [0.25, 0.3) is 0 Å². The maximum absolute atomic E-state index is 13.3. The molecule has 2 amide bonds. The Morgan fingerprint density at radius 3 is 2.16 bits per heavy atom. The maximum Gasteiger partial charge on any atom is 0.243 e. The van der Waals surface area contributed by atoms with Gasteiger partial charge in [-0.1, -0.05) is 54.7 Å². The van der Waals surface area contributed by atoms with Crippen molar-refractivity contribution in [3.8, 4) is 0 Å². The van der Waals surface area contributed by atoms with Crippen LogP contribution in [0.15, 0.2) is 47.4 Å². The molecular weight excluding hydrogens is 475 g/mol. The van der Waals surface area contributed by atoms with E-state index in [0.717, 1.165) is 11.3 Å². The normalized spacial score (nSPS) is 12.8. The predicted octanol–water partition coefficient (Wildman–Crippen LogP) is 6.46. The zero-order valence-electron chi connectivity index (χ0n) is 17.8. The van der Waals surface area contributed by atoms with Gasteiger partial charge in [0.05, 0.1) is 5.75 Å². The van der Waals surface area contributed by atoms with Gasteiger partial charge in [-0.25, -0.2) is 0 Å². The summed E-state index contributed by atoms with van der Waals surface area (Å²) in [7, 11) is 0. The number of amides is 2. The van der Waals surface area contributed by atoms with E-state index in [-0.39, 0.29) is 30.2 Å². The number of carbonyl (C=O) groups excluding carboxylic acids is 2. The van der Waals surface area contributed by atoms with E-state index in [4.69, 9.17) is 34.8 Å². The number of benzene rings is 2. The molecule has 0 saturated heterocycles. The lowest BCUT2D eigenvalue weighted by Gasteiger charge is -2.32. The Kier molecular flexibility index (Phi) is 10.5. The summed E-state index contributed by atoms with van der Waals surface area (Å²) < 4.78 is 0. The molecule has 1 N–H and O–H groups in total. The fourth-order valence-corrected chi connectivity index (χ4v) is 4.40. The lowest BCUT2D eigenvalue weighted by Crippen LogP contribution is -2.51. The van der Waals surface area contributed by atoms with Crippen molar-refractivity contribution < 1.29 is 9.59 Å². The van der Waals surface area contributed by atoms with E-state index in [0.29, 0.717) is 27.1 Å². The van der Waals surface area contributed by atoms with E-state index >= 15 is 0 Å². The van der Waals surface area contributed by atoms with Crippen LogP contribution < -0.4 is 5.32 Å². The van der Waals surface area contributed by atoms with Crippen molar-refractivity contribution in [3.05, 3.63) is 63.1 Å². The summed E-state index contributed by atoms with van der Waals surface area (Å²) in [6.45, 7) is 5.99. The van der Waals surface area contributed by atoms with Crippen LogP contribution in [0.4, 0.5) is 0 Å². The Morgan fingerprint density at radius 1 is 1.00 bits per heavy atom. The molecular formula is C23H27Cl3N2O2S. The fraction of sp³-hybridized carbons (Fsp3) is 0.391. The molecule has 0 radical (unpaired) electrons. The van der Waals surface area contributed by atoms with Crippen molar-refractivity contribution in [2.75, 3.05) is 5.75 Å². The number of hydrogen-bond donors (Lipinski definition) is 1. The Balaban J connectivity index is 2.27. The van der Waals surface area contributed by atoms with Crippen molar-refractivity contribution in [2.45, 2.75) is 57.1 Å². The minimum absolute atomic E-state index is 0.0193. The van der Waals surface area contributed by atoms with Gasteiger partial charge < -0.3 is 10.2 Å². The topological polar surface area (TPSA) is 49.4 Å². The van der Waals surface area contributed by atoms with E-state index in [2.05, 4.69) is 5.32 Å². The smallest absolute Gasteiger partial charge is 0.243 e. The summed E-state index contributed by atoms with van der Waals surface area (Å²) in [6, 6.07) is 11.9. The first-order valence-corrected chi connectivity index (χ1v) is 12.3. The second-order valence-corrected chi connectivity index (χ2v) is 9.51. The lowest BCUT2D eigenvalue weighted by molar-refractivity contribution is -0.139. The number of carbonyl (C=O) groups is 2. The minimum Gasteiger partial charge on any atom is -0.352 e. The SMILES string of the molecule is CC[C@@H](C)NC(=O)[C@@H](CC)N(Cc1c(Cl)cccc1Cl)C(=O)CSc1ccc(Cl)cc1. The van der Waals surface area contributed by atoms with E-state index < -0.39 is 6.04 Å². The van der Waals surface area contributed by atoms with Gasteiger partial charge in [-0.15, -0.1) is 11.8 Å². The lowest BCUT2D eigenvalue weighted by atomic mass is 10.1. The number of nitrogens with zero attached hydrogens (tertiary/aromatic N) is 1. The van der Waals surface area contributed by atoms with Crippen LogP contribution >= 0.6 is 46.6 Å². The molecule has 2 aromatic rings. The third-order valence-electron chi connectivity index (χ3n) is 4.95. The summed E-state index contributed by atoms with van der Waals surface area (Å²) >= 11 is 20.1. The van der Waals surface area contributed by atoms with Crippen LogP contribution in [0.3, 0.4) is 0 Å². The number of thioether (sulfide) groups is 1. The average molecular weight is 502 g/mol. The highest BCUT2D eigenvalue weighted by atomic mass is 35.5. The standard InChI is InChI=1S/C23H27Cl3N2O2S/c1-4-15(3)27-23(30)21(5-2)28(13-18-19(25)7-6-8-20(18)26)22(29)14-31-17-11-9-16(24)10-12-17/h6-12,15,21H,4-5,13-14H2,1-3H3,(H,27,30)/t15-,21-/m1/s1. The highest BCUT2D eigenvalue weighted by molar-refractivity contribution is 8.00. The van der Waals surface area contributed by atoms with Gasteiger partial charge in [0.15, 0.2) is 0 Å². The molecule has 168 valence electrons. The van der Waals surface area contributed by atoms with Gasteiger partial charge in [0.1, 0.15) is 6.04 Å². The number of halogens is 3. The molecule has 0 aliphatic heterocycles. The summed E-state index contributed by atoms with van der Waals surface area (Å²) in [6.07, 6.45) is 1.28. The Bertz CT molecular complexity index is 873. The Labute approximate surface area is 203 Å². The first-order chi connectivity index (χ1) is 14.8. The Morgan fingerprint density at radius 2 is 1.61 bits per heavy atom. The van der Waals surface area contributed by atoms with Gasteiger partial charge in [-0.3, -0.25) is 9.59 Å². The van der Waals surface area contributed by atoms with Gasteiger partial charge >= 0.3 is 0 Å². The quantitative estimate of drug-likeness (QED) is 0.380. The molecule has 0 bridgehead atoms. The summed E-state index contributed by atoms with van der Waals surface area (Å²) in [5.74, 6) is -0.163. The second-order valence-electron chi connectivity index (χ2n) is 7.21. The molecule has 0 fully saturated rings. The molecule has 4 nitrogen and oxygen atoms in total. The summed E-state index contributed by atoms with van der Waals surface area (Å²) in [5.41, 5.74) is 0.630. The van der Waals surface area contributed by atoms with Crippen molar-refractivity contribution >= 4 is 58.4 Å². The molecule has 0 spiro atoms. The molecule has 0 aliphatic rings. The van der Waals surface area contributed by atoms with Crippen LogP contribution in [-0.2, 0) is 16.1 Å². The molecule has 0 aliphatic carbocycles. The Hall–Kier alpha value is -1.40. The van der Waals surface area contributed by atoms with Gasteiger partial charge in [0.2, 0.25) is 11.8 Å². The van der Waals surface area contributed by atoms with Crippen LogP contribution in [0.2, 0.25) is 15.1 Å². The van der Waals surface area contributed by atoms with Crippen molar-refractivity contribution in [1.82, 2.24) is 10.2 Å². The average Bonchev–Trinajstić information content (AvgIpc) is 2.74. The highest BCUT2D eigenvalue weighted by Gasteiger charge is 2.30.